The fraction of sp³-hybridized carbons (Fsp3) is 0.438. The number of piperidine rings is 1. The van der Waals surface area contributed by atoms with Gasteiger partial charge < -0.3 is 9.67 Å². The van der Waals surface area contributed by atoms with Gasteiger partial charge in [0.05, 0.1) is 29.8 Å². The fourth-order valence-electron chi connectivity index (χ4n) is 2.94. The molecule has 0 spiro atoms. The van der Waals surface area contributed by atoms with Crippen molar-refractivity contribution in [2.45, 2.75) is 12.8 Å². The van der Waals surface area contributed by atoms with Gasteiger partial charge in [-0.15, -0.1) is 0 Å². The number of benzene rings is 1. The Labute approximate surface area is 128 Å². The molecule has 1 aromatic carbocycles. The molecule has 22 heavy (non-hydrogen) atoms. The first-order valence-corrected chi connectivity index (χ1v) is 7.44. The van der Waals surface area contributed by atoms with E-state index in [1.54, 1.807) is 6.33 Å². The predicted octanol–water partition coefficient (Wildman–Crippen LogP) is 1.55. The second kappa shape index (κ2) is 5.88. The number of fused-ring (bicyclic) bond motifs is 1. The summed E-state index contributed by atoms with van der Waals surface area (Å²) < 4.78 is 1.92. The van der Waals surface area contributed by atoms with Crippen LogP contribution in [0.25, 0.3) is 11.0 Å². The molecule has 2 aromatic rings. The number of carboxylic acids is 1. The number of carbonyl (C=O) groups is 2. The van der Waals surface area contributed by atoms with E-state index >= 15 is 0 Å². The van der Waals surface area contributed by atoms with Crippen LogP contribution in [0.4, 0.5) is 0 Å². The Balaban J connectivity index is 1.65. The van der Waals surface area contributed by atoms with E-state index in [0.29, 0.717) is 38.0 Å². The molecule has 1 aliphatic heterocycles. The van der Waals surface area contributed by atoms with Gasteiger partial charge in [0.25, 0.3) is 0 Å². The number of aromatic nitrogens is 2. The summed E-state index contributed by atoms with van der Waals surface area (Å²) in [7, 11) is 1.92. The van der Waals surface area contributed by atoms with Crippen molar-refractivity contribution < 1.29 is 14.7 Å². The van der Waals surface area contributed by atoms with Crippen LogP contribution in [0.15, 0.2) is 24.5 Å². The molecule has 1 saturated heterocycles. The Kier molecular flexibility index (Phi) is 3.94. The number of carboxylic acid groups (broad SMARTS) is 1. The maximum absolute atomic E-state index is 12.4. The summed E-state index contributed by atoms with van der Waals surface area (Å²) in [6, 6.07) is 5.56. The minimum atomic E-state index is -0.730. The lowest BCUT2D eigenvalue weighted by Gasteiger charge is -2.29. The van der Waals surface area contributed by atoms with E-state index in [2.05, 4.69) is 4.98 Å². The van der Waals surface area contributed by atoms with Gasteiger partial charge in [-0.2, -0.15) is 0 Å². The highest BCUT2D eigenvalue weighted by Gasteiger charge is 2.25. The molecule has 0 aliphatic carbocycles. The second-order valence-electron chi connectivity index (χ2n) is 5.87. The molecule has 116 valence electrons. The lowest BCUT2D eigenvalue weighted by molar-refractivity contribution is -0.143. The van der Waals surface area contributed by atoms with Crippen molar-refractivity contribution in [3.8, 4) is 0 Å². The number of hydrogen-bond donors (Lipinski definition) is 1. The van der Waals surface area contributed by atoms with Gasteiger partial charge in [-0.1, -0.05) is 0 Å². The van der Waals surface area contributed by atoms with Crippen LogP contribution in [0, 0.1) is 5.92 Å². The van der Waals surface area contributed by atoms with Crippen LogP contribution in [0.1, 0.15) is 23.2 Å². The van der Waals surface area contributed by atoms with E-state index < -0.39 is 5.97 Å². The quantitative estimate of drug-likeness (QED) is 0.867. The minimum absolute atomic E-state index is 0.0568. The molecule has 1 fully saturated rings. The number of Topliss-reactive ketones (excluding diaryl/α,β-unsaturated/α-hetero) is 1. The van der Waals surface area contributed by atoms with E-state index in [1.807, 2.05) is 34.7 Å². The first-order chi connectivity index (χ1) is 10.5. The van der Waals surface area contributed by atoms with Crippen molar-refractivity contribution in [3.63, 3.8) is 0 Å². The first-order valence-electron chi connectivity index (χ1n) is 7.44. The summed E-state index contributed by atoms with van der Waals surface area (Å²) in [4.78, 5) is 29.6. The molecule has 0 radical (unpaired) electrons. The molecule has 6 heteroatoms. The van der Waals surface area contributed by atoms with Gasteiger partial charge in [-0.05, 0) is 44.1 Å². The number of imidazole rings is 1. The van der Waals surface area contributed by atoms with Gasteiger partial charge >= 0.3 is 5.97 Å². The molecule has 0 amide bonds. The van der Waals surface area contributed by atoms with Crippen LogP contribution in [-0.2, 0) is 11.8 Å². The topological polar surface area (TPSA) is 75.4 Å². The van der Waals surface area contributed by atoms with Gasteiger partial charge in [0.2, 0.25) is 0 Å². The highest BCUT2D eigenvalue weighted by molar-refractivity contribution is 6.00. The van der Waals surface area contributed by atoms with Crippen molar-refractivity contribution >= 4 is 22.8 Å². The van der Waals surface area contributed by atoms with Crippen LogP contribution in [-0.4, -0.2) is 50.9 Å². The lowest BCUT2D eigenvalue weighted by Crippen LogP contribution is -2.39. The number of aliphatic carboxylic acids is 1. The summed E-state index contributed by atoms with van der Waals surface area (Å²) in [5.74, 6) is -0.941. The zero-order chi connectivity index (χ0) is 15.7. The molecule has 1 aliphatic rings. The van der Waals surface area contributed by atoms with E-state index in [-0.39, 0.29) is 11.7 Å². The Bertz CT molecular complexity index is 714. The monoisotopic (exact) mass is 301 g/mol. The molecule has 0 unspecified atom stereocenters. The molecule has 1 N–H and O–H groups in total. The first kappa shape index (κ1) is 14.7. The van der Waals surface area contributed by atoms with Gasteiger partial charge in [0, 0.05) is 12.6 Å². The molecule has 0 saturated carbocycles. The Morgan fingerprint density at radius 1 is 1.32 bits per heavy atom. The maximum Gasteiger partial charge on any atom is 0.306 e. The SMILES string of the molecule is Cn1cnc2cc(C(=O)CN3CCC(C(=O)O)CC3)ccc21. The Hall–Kier alpha value is -2.21. The normalized spacial score (nSPS) is 17.0. The number of ketones is 1. The number of nitrogens with zero attached hydrogens (tertiary/aromatic N) is 3. The number of hydrogen-bond acceptors (Lipinski definition) is 4. The molecular weight excluding hydrogens is 282 g/mol. The van der Waals surface area contributed by atoms with Gasteiger partial charge in [0.15, 0.2) is 5.78 Å². The number of rotatable bonds is 4. The molecule has 2 heterocycles. The van der Waals surface area contributed by atoms with Crippen molar-refractivity contribution in [2.24, 2.45) is 13.0 Å². The largest absolute Gasteiger partial charge is 0.481 e. The number of carbonyl (C=O) groups excluding carboxylic acids is 1. The second-order valence-corrected chi connectivity index (χ2v) is 5.87. The van der Waals surface area contributed by atoms with Crippen LogP contribution in [0.2, 0.25) is 0 Å². The zero-order valence-corrected chi connectivity index (χ0v) is 12.5. The molecular formula is C16H19N3O3. The third-order valence-corrected chi connectivity index (χ3v) is 4.35. The summed E-state index contributed by atoms with van der Waals surface area (Å²) in [6.07, 6.45) is 2.96. The third kappa shape index (κ3) is 2.87. The molecule has 0 atom stereocenters. The van der Waals surface area contributed by atoms with Crippen molar-refractivity contribution in [1.82, 2.24) is 14.5 Å². The van der Waals surface area contributed by atoms with E-state index in [4.69, 9.17) is 5.11 Å². The Morgan fingerprint density at radius 2 is 2.05 bits per heavy atom. The predicted molar refractivity (Wildman–Crippen MR) is 81.8 cm³/mol. The highest BCUT2D eigenvalue weighted by Crippen LogP contribution is 2.19. The van der Waals surface area contributed by atoms with Crippen LogP contribution in [0.3, 0.4) is 0 Å². The Morgan fingerprint density at radius 3 is 2.73 bits per heavy atom. The number of likely N-dealkylation sites (tertiary alicyclic amines) is 1. The average Bonchev–Trinajstić information content (AvgIpc) is 2.88. The number of aryl methyl sites for hydroxylation is 1. The van der Waals surface area contributed by atoms with Crippen LogP contribution < -0.4 is 0 Å². The summed E-state index contributed by atoms with van der Waals surface area (Å²) in [5.41, 5.74) is 2.48. The highest BCUT2D eigenvalue weighted by atomic mass is 16.4. The van der Waals surface area contributed by atoms with Gasteiger partial charge in [-0.3, -0.25) is 14.5 Å². The van der Waals surface area contributed by atoms with Gasteiger partial charge in [0.1, 0.15) is 0 Å². The fourth-order valence-corrected chi connectivity index (χ4v) is 2.94. The van der Waals surface area contributed by atoms with Crippen molar-refractivity contribution in [2.75, 3.05) is 19.6 Å². The molecule has 6 nitrogen and oxygen atoms in total. The van der Waals surface area contributed by atoms with E-state index in [1.165, 1.54) is 0 Å². The summed E-state index contributed by atoms with van der Waals surface area (Å²) in [6.45, 7) is 1.66. The molecule has 0 bridgehead atoms. The van der Waals surface area contributed by atoms with Crippen LogP contribution in [0.5, 0.6) is 0 Å². The lowest BCUT2D eigenvalue weighted by atomic mass is 9.96. The summed E-state index contributed by atoms with van der Waals surface area (Å²) in [5, 5.41) is 8.99. The van der Waals surface area contributed by atoms with Crippen LogP contribution >= 0.6 is 0 Å². The molecule has 1 aromatic heterocycles. The van der Waals surface area contributed by atoms with Crippen molar-refractivity contribution in [3.05, 3.63) is 30.1 Å². The zero-order valence-electron chi connectivity index (χ0n) is 12.5. The van der Waals surface area contributed by atoms with Gasteiger partial charge in [-0.25, -0.2) is 4.98 Å². The summed E-state index contributed by atoms with van der Waals surface area (Å²) >= 11 is 0. The smallest absolute Gasteiger partial charge is 0.306 e. The van der Waals surface area contributed by atoms with E-state index in [9.17, 15) is 9.59 Å². The average molecular weight is 301 g/mol. The molecule has 3 rings (SSSR count). The minimum Gasteiger partial charge on any atom is -0.481 e. The third-order valence-electron chi connectivity index (χ3n) is 4.35. The maximum atomic E-state index is 12.4. The van der Waals surface area contributed by atoms with Crippen molar-refractivity contribution in [1.29, 1.82) is 0 Å². The van der Waals surface area contributed by atoms with E-state index in [0.717, 1.165) is 11.0 Å². The standard InChI is InChI=1S/C16H19N3O3/c1-18-10-17-13-8-12(2-3-14(13)18)15(20)9-19-6-4-11(5-7-19)16(21)22/h2-3,8,10-11H,4-7,9H2,1H3,(H,21,22).